The molecule has 0 aromatic heterocycles. The lowest BCUT2D eigenvalue weighted by molar-refractivity contribution is 0.0594. The zero-order valence-electron chi connectivity index (χ0n) is 11.7. The van der Waals surface area contributed by atoms with Crippen molar-refractivity contribution in [1.29, 1.82) is 0 Å². The molecule has 0 radical (unpaired) electrons. The van der Waals surface area contributed by atoms with Gasteiger partial charge >= 0.3 is 0 Å². The number of hydrogen-bond acceptors (Lipinski definition) is 2. The van der Waals surface area contributed by atoms with Crippen LogP contribution in [0.1, 0.15) is 30.1 Å². The summed E-state index contributed by atoms with van der Waals surface area (Å²) in [5.41, 5.74) is 0.651. The van der Waals surface area contributed by atoms with Gasteiger partial charge in [0, 0.05) is 29.2 Å². The first-order valence-corrected chi connectivity index (χ1v) is 7.96. The third-order valence-corrected chi connectivity index (χ3v) is 4.65. The second kappa shape index (κ2) is 6.92. The van der Waals surface area contributed by atoms with Gasteiger partial charge in [-0.3, -0.25) is 4.79 Å². The van der Waals surface area contributed by atoms with E-state index in [1.807, 2.05) is 4.90 Å². The molecular formula is C15H19BrClNO2. The Morgan fingerprint density at radius 1 is 1.55 bits per heavy atom. The van der Waals surface area contributed by atoms with Crippen molar-refractivity contribution in [2.45, 2.75) is 25.8 Å². The van der Waals surface area contributed by atoms with E-state index in [9.17, 15) is 4.79 Å². The van der Waals surface area contributed by atoms with Crippen molar-refractivity contribution >= 4 is 33.4 Å². The first-order chi connectivity index (χ1) is 9.54. The average Bonchev–Trinajstić information content (AvgIpc) is 3.22. The molecule has 3 nitrogen and oxygen atoms in total. The van der Waals surface area contributed by atoms with Crippen LogP contribution in [0.3, 0.4) is 0 Å². The molecule has 20 heavy (non-hydrogen) atoms. The van der Waals surface area contributed by atoms with Crippen molar-refractivity contribution in [2.75, 3.05) is 20.3 Å². The lowest BCUT2D eigenvalue weighted by atomic mass is 10.1. The Balaban J connectivity index is 2.20. The van der Waals surface area contributed by atoms with Crippen LogP contribution in [0.4, 0.5) is 0 Å². The number of halogens is 2. The van der Waals surface area contributed by atoms with Gasteiger partial charge in [-0.2, -0.15) is 0 Å². The molecule has 1 aromatic rings. The van der Waals surface area contributed by atoms with Gasteiger partial charge in [0.1, 0.15) is 0 Å². The Labute approximate surface area is 133 Å². The topological polar surface area (TPSA) is 29.5 Å². The Morgan fingerprint density at radius 2 is 2.25 bits per heavy atom. The van der Waals surface area contributed by atoms with Crippen LogP contribution in [0.2, 0.25) is 5.02 Å². The molecule has 1 saturated carbocycles. The molecule has 0 heterocycles. The summed E-state index contributed by atoms with van der Waals surface area (Å²) in [6.07, 6.45) is 2.42. The standard InChI is InChI=1S/C15H19BrClNO2/c1-10(11-3-4-11)18(7-8-20-2)15(19)13-6-5-12(17)9-14(13)16/h5-6,9-11H,3-4,7-8H2,1-2H3. The van der Waals surface area contributed by atoms with Gasteiger partial charge in [-0.25, -0.2) is 0 Å². The quantitative estimate of drug-likeness (QED) is 0.767. The van der Waals surface area contributed by atoms with Crippen molar-refractivity contribution in [3.8, 4) is 0 Å². The summed E-state index contributed by atoms with van der Waals surface area (Å²) in [7, 11) is 1.66. The van der Waals surface area contributed by atoms with Gasteiger partial charge in [0.25, 0.3) is 5.91 Å². The van der Waals surface area contributed by atoms with E-state index in [1.165, 1.54) is 12.8 Å². The summed E-state index contributed by atoms with van der Waals surface area (Å²) in [6.45, 7) is 3.28. The van der Waals surface area contributed by atoms with Gasteiger partial charge < -0.3 is 9.64 Å². The summed E-state index contributed by atoms with van der Waals surface area (Å²) < 4.78 is 5.87. The molecule has 0 N–H and O–H groups in total. The fourth-order valence-corrected chi connectivity index (χ4v) is 3.18. The number of carbonyl (C=O) groups excluding carboxylic acids is 1. The molecular weight excluding hydrogens is 342 g/mol. The Bertz CT molecular complexity index is 491. The molecule has 1 aromatic carbocycles. The predicted molar refractivity (Wildman–Crippen MR) is 84.3 cm³/mol. The maximum Gasteiger partial charge on any atom is 0.255 e. The van der Waals surface area contributed by atoms with E-state index >= 15 is 0 Å². The van der Waals surface area contributed by atoms with E-state index in [-0.39, 0.29) is 11.9 Å². The van der Waals surface area contributed by atoms with Crippen LogP contribution in [-0.2, 0) is 4.74 Å². The van der Waals surface area contributed by atoms with Crippen LogP contribution >= 0.6 is 27.5 Å². The van der Waals surface area contributed by atoms with Crippen molar-refractivity contribution in [3.05, 3.63) is 33.3 Å². The summed E-state index contributed by atoms with van der Waals surface area (Å²) in [5.74, 6) is 0.659. The molecule has 1 aliphatic rings. The molecule has 0 aliphatic heterocycles. The first-order valence-electron chi connectivity index (χ1n) is 6.79. The zero-order valence-corrected chi connectivity index (χ0v) is 14.1. The van der Waals surface area contributed by atoms with Gasteiger partial charge in [0.15, 0.2) is 0 Å². The highest BCUT2D eigenvalue weighted by Gasteiger charge is 2.34. The number of rotatable bonds is 6. The third-order valence-electron chi connectivity index (χ3n) is 3.75. The summed E-state index contributed by atoms with van der Waals surface area (Å²) in [6, 6.07) is 5.52. The number of ether oxygens (including phenoxy) is 1. The summed E-state index contributed by atoms with van der Waals surface area (Å²) in [4.78, 5) is 14.7. The van der Waals surface area contributed by atoms with Crippen molar-refractivity contribution in [2.24, 2.45) is 5.92 Å². The molecule has 1 amide bonds. The number of hydrogen-bond donors (Lipinski definition) is 0. The molecule has 0 saturated heterocycles. The number of nitrogens with zero attached hydrogens (tertiary/aromatic N) is 1. The van der Waals surface area contributed by atoms with Crippen LogP contribution < -0.4 is 0 Å². The fraction of sp³-hybridized carbons (Fsp3) is 0.533. The van der Waals surface area contributed by atoms with Gasteiger partial charge in [0.05, 0.1) is 12.2 Å². The highest BCUT2D eigenvalue weighted by molar-refractivity contribution is 9.10. The monoisotopic (exact) mass is 359 g/mol. The van der Waals surface area contributed by atoms with Crippen LogP contribution in [0.25, 0.3) is 0 Å². The van der Waals surface area contributed by atoms with Gasteiger partial charge in [-0.1, -0.05) is 11.6 Å². The highest BCUT2D eigenvalue weighted by Crippen LogP contribution is 2.36. The summed E-state index contributed by atoms with van der Waals surface area (Å²) in [5, 5.41) is 0.618. The second-order valence-electron chi connectivity index (χ2n) is 5.19. The fourth-order valence-electron chi connectivity index (χ4n) is 2.33. The molecule has 110 valence electrons. The number of methoxy groups -OCH3 is 1. The SMILES string of the molecule is COCCN(C(=O)c1ccc(Cl)cc1Br)C(C)C1CC1. The Kier molecular flexibility index (Phi) is 5.47. The molecule has 1 aliphatic carbocycles. The average molecular weight is 361 g/mol. The van der Waals surface area contributed by atoms with Crippen molar-refractivity contribution < 1.29 is 9.53 Å². The minimum Gasteiger partial charge on any atom is -0.383 e. The Morgan fingerprint density at radius 3 is 2.80 bits per heavy atom. The van der Waals surface area contributed by atoms with E-state index in [0.717, 1.165) is 4.47 Å². The molecule has 0 spiro atoms. The van der Waals surface area contributed by atoms with Gasteiger partial charge in [0.2, 0.25) is 0 Å². The van der Waals surface area contributed by atoms with Crippen LogP contribution in [0, 0.1) is 5.92 Å². The predicted octanol–water partition coefficient (Wildman–Crippen LogP) is 3.99. The maximum atomic E-state index is 12.8. The number of carbonyl (C=O) groups is 1. The van der Waals surface area contributed by atoms with Crippen molar-refractivity contribution in [3.63, 3.8) is 0 Å². The van der Waals surface area contributed by atoms with E-state index in [2.05, 4.69) is 22.9 Å². The van der Waals surface area contributed by atoms with Crippen LogP contribution in [0.5, 0.6) is 0 Å². The normalized spacial score (nSPS) is 16.0. The molecule has 2 rings (SSSR count). The minimum atomic E-state index is 0.0324. The third kappa shape index (κ3) is 3.74. The maximum absolute atomic E-state index is 12.8. The van der Waals surface area contributed by atoms with Gasteiger partial charge in [-0.15, -0.1) is 0 Å². The highest BCUT2D eigenvalue weighted by atomic mass is 79.9. The molecule has 1 unspecified atom stereocenters. The van der Waals surface area contributed by atoms with Gasteiger partial charge in [-0.05, 0) is 59.8 Å². The van der Waals surface area contributed by atoms with E-state index in [0.29, 0.717) is 29.7 Å². The van der Waals surface area contributed by atoms with Crippen LogP contribution in [-0.4, -0.2) is 37.1 Å². The second-order valence-corrected chi connectivity index (χ2v) is 6.48. The lowest BCUT2D eigenvalue weighted by Crippen LogP contribution is -2.42. The number of benzene rings is 1. The molecule has 0 bridgehead atoms. The molecule has 5 heteroatoms. The van der Waals surface area contributed by atoms with E-state index in [4.69, 9.17) is 16.3 Å². The largest absolute Gasteiger partial charge is 0.383 e. The minimum absolute atomic E-state index is 0.0324. The van der Waals surface area contributed by atoms with E-state index in [1.54, 1.807) is 25.3 Å². The molecule has 1 atom stereocenters. The molecule has 1 fully saturated rings. The Hall–Kier alpha value is -0.580. The van der Waals surface area contributed by atoms with Crippen LogP contribution in [0.15, 0.2) is 22.7 Å². The summed E-state index contributed by atoms with van der Waals surface area (Å²) >= 11 is 9.36. The smallest absolute Gasteiger partial charge is 0.255 e. The van der Waals surface area contributed by atoms with Crippen molar-refractivity contribution in [1.82, 2.24) is 4.90 Å². The zero-order chi connectivity index (χ0) is 14.7. The first kappa shape index (κ1) is 15.8. The number of amides is 1. The lowest BCUT2D eigenvalue weighted by Gasteiger charge is -2.29. The van der Waals surface area contributed by atoms with E-state index < -0.39 is 0 Å².